The van der Waals surface area contributed by atoms with Gasteiger partial charge in [0.1, 0.15) is 0 Å². The molecule has 1 nitrogen and oxygen atoms in total. The molecule has 0 fully saturated rings. The molecule has 0 heterocycles. The first-order chi connectivity index (χ1) is 10.3. The Labute approximate surface area is 128 Å². The summed E-state index contributed by atoms with van der Waals surface area (Å²) in [5.41, 5.74) is 7.28. The molecule has 0 saturated carbocycles. The van der Waals surface area contributed by atoms with Crippen molar-refractivity contribution in [2.24, 2.45) is 0 Å². The second-order valence-corrected chi connectivity index (χ2v) is 5.97. The van der Waals surface area contributed by atoms with Crippen molar-refractivity contribution >= 4 is 0 Å². The Balaban J connectivity index is 1.93. The van der Waals surface area contributed by atoms with Crippen LogP contribution in [0.1, 0.15) is 54.1 Å². The van der Waals surface area contributed by atoms with E-state index in [1.54, 1.807) is 11.1 Å². The lowest BCUT2D eigenvalue weighted by Gasteiger charge is -2.20. The molecule has 2 aromatic rings. The van der Waals surface area contributed by atoms with Crippen LogP contribution in [0.4, 0.5) is 0 Å². The molecule has 0 aromatic heterocycles. The Hall–Kier alpha value is -1.60. The molecule has 1 heteroatoms. The Bertz CT molecular complexity index is 598. The third-order valence-electron chi connectivity index (χ3n) is 4.59. The van der Waals surface area contributed by atoms with Crippen LogP contribution in [0, 0.1) is 0 Å². The second kappa shape index (κ2) is 6.44. The van der Waals surface area contributed by atoms with Gasteiger partial charge in [-0.15, -0.1) is 0 Å². The number of benzene rings is 2. The highest BCUT2D eigenvalue weighted by molar-refractivity contribution is 5.40. The number of fused-ring (bicyclic) bond motifs is 1. The zero-order valence-electron chi connectivity index (χ0n) is 13.2. The van der Waals surface area contributed by atoms with Gasteiger partial charge < -0.3 is 5.32 Å². The topological polar surface area (TPSA) is 12.0 Å². The maximum atomic E-state index is 3.64. The maximum absolute atomic E-state index is 3.64. The molecule has 110 valence electrons. The van der Waals surface area contributed by atoms with Crippen LogP contribution in [-0.4, -0.2) is 6.54 Å². The van der Waals surface area contributed by atoms with Crippen LogP contribution in [0.15, 0.2) is 42.5 Å². The minimum Gasteiger partial charge on any atom is -0.307 e. The lowest BCUT2D eigenvalue weighted by atomic mass is 9.94. The van der Waals surface area contributed by atoms with E-state index in [1.165, 1.54) is 36.0 Å². The molecule has 0 bridgehead atoms. The molecule has 0 spiro atoms. The van der Waals surface area contributed by atoms with Gasteiger partial charge in [-0.3, -0.25) is 0 Å². The van der Waals surface area contributed by atoms with Crippen LogP contribution in [0.25, 0.3) is 0 Å². The predicted molar refractivity (Wildman–Crippen MR) is 89.8 cm³/mol. The van der Waals surface area contributed by atoms with Gasteiger partial charge >= 0.3 is 0 Å². The number of nitrogens with one attached hydrogen (secondary N) is 1. The van der Waals surface area contributed by atoms with Crippen LogP contribution in [0.3, 0.4) is 0 Å². The summed E-state index contributed by atoms with van der Waals surface area (Å²) in [4.78, 5) is 0. The highest BCUT2D eigenvalue weighted by Gasteiger charge is 2.17. The fourth-order valence-electron chi connectivity index (χ4n) is 3.35. The quantitative estimate of drug-likeness (QED) is 0.853. The molecule has 3 rings (SSSR count). The first-order valence-corrected chi connectivity index (χ1v) is 8.25. The fourth-order valence-corrected chi connectivity index (χ4v) is 3.35. The average Bonchev–Trinajstić information content (AvgIpc) is 3.00. The summed E-state index contributed by atoms with van der Waals surface area (Å²) in [6.07, 6.45) is 4.92. The number of aryl methyl sites for hydroxylation is 3. The van der Waals surface area contributed by atoms with E-state index >= 15 is 0 Å². The van der Waals surface area contributed by atoms with E-state index in [1.807, 2.05) is 0 Å². The van der Waals surface area contributed by atoms with Crippen molar-refractivity contribution in [3.05, 3.63) is 70.3 Å². The summed E-state index contributed by atoms with van der Waals surface area (Å²) in [7, 11) is 0. The third kappa shape index (κ3) is 3.03. The normalized spacial score (nSPS) is 15.0. The Kier molecular flexibility index (Phi) is 4.40. The van der Waals surface area contributed by atoms with Crippen molar-refractivity contribution in [3.8, 4) is 0 Å². The molecule has 0 aliphatic heterocycles. The van der Waals surface area contributed by atoms with Crippen LogP contribution in [-0.2, 0) is 19.3 Å². The molecule has 1 unspecified atom stereocenters. The summed E-state index contributed by atoms with van der Waals surface area (Å²) in [5.74, 6) is 0. The van der Waals surface area contributed by atoms with Crippen LogP contribution >= 0.6 is 0 Å². The second-order valence-electron chi connectivity index (χ2n) is 5.97. The first-order valence-electron chi connectivity index (χ1n) is 8.25. The van der Waals surface area contributed by atoms with E-state index in [-0.39, 0.29) is 0 Å². The number of hydrogen-bond acceptors (Lipinski definition) is 1. The van der Waals surface area contributed by atoms with Crippen molar-refractivity contribution in [1.82, 2.24) is 5.32 Å². The van der Waals surface area contributed by atoms with Gasteiger partial charge in [0.05, 0.1) is 6.04 Å². The predicted octanol–water partition coefficient (Wildman–Crippen LogP) is 4.44. The van der Waals surface area contributed by atoms with Gasteiger partial charge in [-0.25, -0.2) is 0 Å². The molecule has 1 atom stereocenters. The summed E-state index contributed by atoms with van der Waals surface area (Å²) in [6, 6.07) is 16.4. The minimum absolute atomic E-state index is 0.312. The van der Waals surface area contributed by atoms with Gasteiger partial charge in [0.2, 0.25) is 0 Å². The van der Waals surface area contributed by atoms with Crippen LogP contribution in [0.5, 0.6) is 0 Å². The van der Waals surface area contributed by atoms with Gasteiger partial charge in [-0.2, -0.15) is 0 Å². The summed E-state index contributed by atoms with van der Waals surface area (Å²) >= 11 is 0. The van der Waals surface area contributed by atoms with Crippen LogP contribution < -0.4 is 5.32 Å². The SMILES string of the molecule is CCNC(c1ccc(CC)cc1)c1ccc2c(c1)CCC2. The van der Waals surface area contributed by atoms with E-state index < -0.39 is 0 Å². The van der Waals surface area contributed by atoms with E-state index in [0.29, 0.717) is 6.04 Å². The van der Waals surface area contributed by atoms with Gasteiger partial charge in [0.25, 0.3) is 0 Å². The first kappa shape index (κ1) is 14.3. The zero-order valence-corrected chi connectivity index (χ0v) is 13.2. The van der Waals surface area contributed by atoms with Gasteiger partial charge in [0, 0.05) is 0 Å². The number of rotatable bonds is 5. The fraction of sp³-hybridized carbons (Fsp3) is 0.400. The summed E-state index contributed by atoms with van der Waals surface area (Å²) in [5, 5.41) is 3.64. The van der Waals surface area contributed by atoms with Crippen molar-refractivity contribution in [2.75, 3.05) is 6.54 Å². The largest absolute Gasteiger partial charge is 0.307 e. The molecular formula is C20H25N. The average molecular weight is 279 g/mol. The Morgan fingerprint density at radius 3 is 2.33 bits per heavy atom. The van der Waals surface area contributed by atoms with Crippen molar-refractivity contribution < 1.29 is 0 Å². The van der Waals surface area contributed by atoms with E-state index in [0.717, 1.165) is 13.0 Å². The van der Waals surface area contributed by atoms with Crippen molar-refractivity contribution in [2.45, 2.75) is 45.6 Å². The van der Waals surface area contributed by atoms with Gasteiger partial charge in [0.15, 0.2) is 0 Å². The molecular weight excluding hydrogens is 254 g/mol. The smallest absolute Gasteiger partial charge is 0.0576 e. The zero-order chi connectivity index (χ0) is 14.7. The summed E-state index contributed by atoms with van der Waals surface area (Å²) < 4.78 is 0. The Morgan fingerprint density at radius 1 is 0.905 bits per heavy atom. The van der Waals surface area contributed by atoms with E-state index in [2.05, 4.69) is 61.6 Å². The molecule has 1 aliphatic rings. The highest BCUT2D eigenvalue weighted by Crippen LogP contribution is 2.28. The molecule has 0 amide bonds. The standard InChI is InChI=1S/C20H25N/c1-3-15-8-10-17(11-9-15)20(21-4-2)19-13-12-16-6-5-7-18(16)14-19/h8-14,20-21H,3-7H2,1-2H3. The molecule has 0 saturated heterocycles. The molecule has 1 aliphatic carbocycles. The molecule has 0 radical (unpaired) electrons. The van der Waals surface area contributed by atoms with Gasteiger partial charge in [-0.05, 0) is 60.0 Å². The summed E-state index contributed by atoms with van der Waals surface area (Å²) in [6.45, 7) is 5.37. The van der Waals surface area contributed by atoms with Crippen LogP contribution in [0.2, 0.25) is 0 Å². The Morgan fingerprint density at radius 2 is 1.62 bits per heavy atom. The maximum Gasteiger partial charge on any atom is 0.0576 e. The minimum atomic E-state index is 0.312. The van der Waals surface area contributed by atoms with E-state index in [4.69, 9.17) is 0 Å². The third-order valence-corrected chi connectivity index (χ3v) is 4.59. The highest BCUT2D eigenvalue weighted by atomic mass is 14.9. The van der Waals surface area contributed by atoms with E-state index in [9.17, 15) is 0 Å². The molecule has 2 aromatic carbocycles. The van der Waals surface area contributed by atoms with Crippen molar-refractivity contribution in [3.63, 3.8) is 0 Å². The lowest BCUT2D eigenvalue weighted by Crippen LogP contribution is -2.22. The lowest BCUT2D eigenvalue weighted by molar-refractivity contribution is 0.630. The molecule has 1 N–H and O–H groups in total. The number of hydrogen-bond donors (Lipinski definition) is 1. The van der Waals surface area contributed by atoms with Crippen molar-refractivity contribution in [1.29, 1.82) is 0 Å². The monoisotopic (exact) mass is 279 g/mol. The van der Waals surface area contributed by atoms with Gasteiger partial charge in [-0.1, -0.05) is 56.3 Å². The molecule has 21 heavy (non-hydrogen) atoms.